The van der Waals surface area contributed by atoms with Gasteiger partial charge in [0.05, 0.1) is 6.61 Å². The van der Waals surface area contributed by atoms with Crippen LogP contribution >= 0.6 is 8.38 Å². The van der Waals surface area contributed by atoms with Crippen LogP contribution in [0, 0.1) is 0 Å². The van der Waals surface area contributed by atoms with Crippen LogP contribution in [0.5, 0.6) is 0 Å². The summed E-state index contributed by atoms with van der Waals surface area (Å²) in [6, 6.07) is 9.55. The van der Waals surface area contributed by atoms with E-state index in [1.54, 1.807) is 0 Å². The zero-order valence-electron chi connectivity index (χ0n) is 8.52. The van der Waals surface area contributed by atoms with Gasteiger partial charge in [0, 0.05) is 5.30 Å². The number of hydrogen-bond acceptors (Lipinski definition) is 2. The highest BCUT2D eigenvalue weighted by atomic mass is 31.2. The van der Waals surface area contributed by atoms with E-state index >= 15 is 0 Å². The Morgan fingerprint density at radius 1 is 1.21 bits per heavy atom. The molecular formula is C11H17O2P. The maximum Gasteiger partial charge on any atom is 0.202 e. The van der Waals surface area contributed by atoms with E-state index < -0.39 is 8.38 Å². The van der Waals surface area contributed by atoms with Crippen LogP contribution in [-0.2, 0) is 4.52 Å². The van der Waals surface area contributed by atoms with Crippen molar-refractivity contribution in [2.24, 2.45) is 0 Å². The smallest absolute Gasteiger partial charge is 0.202 e. The van der Waals surface area contributed by atoms with E-state index in [2.05, 4.69) is 6.92 Å². The average Bonchev–Trinajstić information content (AvgIpc) is 2.25. The molecule has 0 fully saturated rings. The van der Waals surface area contributed by atoms with Crippen molar-refractivity contribution in [3.63, 3.8) is 0 Å². The molecule has 0 saturated heterocycles. The van der Waals surface area contributed by atoms with E-state index in [0.717, 1.165) is 18.1 Å². The second-order valence-corrected chi connectivity index (χ2v) is 4.47. The predicted octanol–water partition coefficient (Wildman–Crippen LogP) is 2.82. The summed E-state index contributed by atoms with van der Waals surface area (Å²) < 4.78 is 5.35. The first-order chi connectivity index (χ1) is 6.84. The largest absolute Gasteiger partial charge is 0.346 e. The Morgan fingerprint density at radius 3 is 2.57 bits per heavy atom. The molecule has 0 aliphatic rings. The number of unbranched alkanes of at least 4 members (excludes halogenated alkanes) is 2. The molecule has 1 unspecified atom stereocenters. The Kier molecular flexibility index (Phi) is 5.77. The summed E-state index contributed by atoms with van der Waals surface area (Å²) in [5.74, 6) is 0. The van der Waals surface area contributed by atoms with Crippen LogP contribution < -0.4 is 5.30 Å². The number of benzene rings is 1. The number of rotatable bonds is 6. The first-order valence-corrected chi connectivity index (χ1v) is 6.23. The molecule has 2 nitrogen and oxygen atoms in total. The lowest BCUT2D eigenvalue weighted by molar-refractivity contribution is 0.306. The molecule has 1 N–H and O–H groups in total. The molecule has 0 saturated carbocycles. The second-order valence-electron chi connectivity index (χ2n) is 3.15. The van der Waals surface area contributed by atoms with Gasteiger partial charge in [-0.05, 0) is 18.6 Å². The second kappa shape index (κ2) is 6.94. The van der Waals surface area contributed by atoms with Gasteiger partial charge in [-0.3, -0.25) is 0 Å². The Morgan fingerprint density at radius 2 is 1.93 bits per heavy atom. The predicted molar refractivity (Wildman–Crippen MR) is 60.7 cm³/mol. The summed E-state index contributed by atoms with van der Waals surface area (Å²) in [4.78, 5) is 9.66. The van der Waals surface area contributed by atoms with Crippen molar-refractivity contribution in [2.45, 2.75) is 26.2 Å². The van der Waals surface area contributed by atoms with Gasteiger partial charge in [0.25, 0.3) is 0 Å². The zero-order chi connectivity index (χ0) is 10.2. The fraction of sp³-hybridized carbons (Fsp3) is 0.455. The SMILES string of the molecule is CCCCCOP(O)c1ccccc1. The molecule has 1 rings (SSSR count). The van der Waals surface area contributed by atoms with E-state index in [4.69, 9.17) is 4.52 Å². The summed E-state index contributed by atoms with van der Waals surface area (Å²) in [7, 11) is -1.39. The van der Waals surface area contributed by atoms with Gasteiger partial charge in [0.1, 0.15) is 0 Å². The normalized spacial score (nSPS) is 12.7. The molecule has 1 aromatic carbocycles. The van der Waals surface area contributed by atoms with E-state index in [0.29, 0.717) is 6.61 Å². The summed E-state index contributed by atoms with van der Waals surface area (Å²) in [6.07, 6.45) is 3.37. The van der Waals surface area contributed by atoms with Crippen molar-refractivity contribution in [1.29, 1.82) is 0 Å². The molecule has 0 aromatic heterocycles. The van der Waals surface area contributed by atoms with Gasteiger partial charge in [-0.1, -0.05) is 38.0 Å². The van der Waals surface area contributed by atoms with Crippen molar-refractivity contribution in [2.75, 3.05) is 6.61 Å². The van der Waals surface area contributed by atoms with Crippen LogP contribution in [0.1, 0.15) is 26.2 Å². The molecule has 0 spiro atoms. The van der Waals surface area contributed by atoms with E-state index in [1.165, 1.54) is 6.42 Å². The van der Waals surface area contributed by atoms with Gasteiger partial charge in [-0.25, -0.2) is 0 Å². The molecule has 0 aliphatic carbocycles. The molecule has 14 heavy (non-hydrogen) atoms. The number of hydrogen-bond donors (Lipinski definition) is 1. The lowest BCUT2D eigenvalue weighted by atomic mass is 10.3. The Bertz CT molecular complexity index is 238. The summed E-state index contributed by atoms with van der Waals surface area (Å²) in [5, 5.41) is 0.888. The highest BCUT2D eigenvalue weighted by molar-refractivity contribution is 7.55. The molecular weight excluding hydrogens is 195 g/mol. The maximum atomic E-state index is 9.66. The molecule has 0 heterocycles. The lowest BCUT2D eigenvalue weighted by Gasteiger charge is -2.10. The zero-order valence-corrected chi connectivity index (χ0v) is 9.41. The minimum atomic E-state index is -1.39. The van der Waals surface area contributed by atoms with Crippen molar-refractivity contribution in [3.8, 4) is 0 Å². The summed E-state index contributed by atoms with van der Waals surface area (Å²) in [5.41, 5.74) is 0. The van der Waals surface area contributed by atoms with E-state index in [1.807, 2.05) is 30.3 Å². The van der Waals surface area contributed by atoms with Crippen LogP contribution in [0.25, 0.3) is 0 Å². The van der Waals surface area contributed by atoms with E-state index in [9.17, 15) is 4.89 Å². The molecule has 78 valence electrons. The van der Waals surface area contributed by atoms with Crippen LogP contribution in [0.3, 0.4) is 0 Å². The van der Waals surface area contributed by atoms with Crippen LogP contribution in [0.2, 0.25) is 0 Å². The molecule has 1 atom stereocenters. The van der Waals surface area contributed by atoms with Crippen molar-refractivity contribution >= 4 is 13.7 Å². The standard InChI is InChI=1S/C11H17O2P/c1-2-3-7-10-13-14(12)11-8-5-4-6-9-11/h4-6,8-9,12H,2-3,7,10H2,1H3. The summed E-state index contributed by atoms with van der Waals surface area (Å²) in [6.45, 7) is 2.81. The molecule has 0 amide bonds. The molecule has 0 radical (unpaired) electrons. The average molecular weight is 212 g/mol. The first-order valence-electron chi connectivity index (χ1n) is 5.01. The maximum absolute atomic E-state index is 9.66. The highest BCUT2D eigenvalue weighted by Gasteiger charge is 2.06. The van der Waals surface area contributed by atoms with Crippen LogP contribution in [0.4, 0.5) is 0 Å². The van der Waals surface area contributed by atoms with E-state index in [-0.39, 0.29) is 0 Å². The molecule has 3 heteroatoms. The fourth-order valence-electron chi connectivity index (χ4n) is 1.13. The van der Waals surface area contributed by atoms with Crippen molar-refractivity contribution < 1.29 is 9.42 Å². The first kappa shape index (κ1) is 11.6. The third kappa shape index (κ3) is 4.19. The Labute approximate surface area is 86.8 Å². The third-order valence-electron chi connectivity index (χ3n) is 1.94. The van der Waals surface area contributed by atoms with Gasteiger partial charge in [-0.2, -0.15) is 0 Å². The van der Waals surface area contributed by atoms with Gasteiger partial charge >= 0.3 is 0 Å². The van der Waals surface area contributed by atoms with Gasteiger partial charge < -0.3 is 9.42 Å². The van der Waals surface area contributed by atoms with Crippen molar-refractivity contribution in [1.82, 2.24) is 0 Å². The van der Waals surface area contributed by atoms with Crippen LogP contribution in [0.15, 0.2) is 30.3 Å². The van der Waals surface area contributed by atoms with Gasteiger partial charge in [0.2, 0.25) is 8.38 Å². The monoisotopic (exact) mass is 212 g/mol. The van der Waals surface area contributed by atoms with Crippen molar-refractivity contribution in [3.05, 3.63) is 30.3 Å². The van der Waals surface area contributed by atoms with Crippen LogP contribution in [-0.4, -0.2) is 11.5 Å². The quantitative estimate of drug-likeness (QED) is 0.580. The topological polar surface area (TPSA) is 29.5 Å². The van der Waals surface area contributed by atoms with Gasteiger partial charge in [0.15, 0.2) is 0 Å². The third-order valence-corrected chi connectivity index (χ3v) is 3.11. The Hall–Kier alpha value is -0.430. The Balaban J connectivity index is 2.25. The minimum absolute atomic E-state index is 0.658. The molecule has 0 bridgehead atoms. The molecule has 1 aromatic rings. The summed E-state index contributed by atoms with van der Waals surface area (Å²) >= 11 is 0. The molecule has 0 aliphatic heterocycles. The highest BCUT2D eigenvalue weighted by Crippen LogP contribution is 2.30. The lowest BCUT2D eigenvalue weighted by Crippen LogP contribution is -2.02. The fourth-order valence-corrected chi connectivity index (χ4v) is 2.01. The van der Waals surface area contributed by atoms with Gasteiger partial charge in [-0.15, -0.1) is 0 Å². The minimum Gasteiger partial charge on any atom is -0.346 e.